The molecular weight excluding hydrogens is 450 g/mol. The highest BCUT2D eigenvalue weighted by atomic mass is 32.2. The minimum Gasteiger partial charge on any atom is -0.387 e. The van der Waals surface area contributed by atoms with Crippen LogP contribution in [0.5, 0.6) is 0 Å². The van der Waals surface area contributed by atoms with Gasteiger partial charge in [-0.05, 0) is 43.2 Å². The summed E-state index contributed by atoms with van der Waals surface area (Å²) in [6.07, 6.45) is 0.803. The molecule has 0 radical (unpaired) electrons. The summed E-state index contributed by atoms with van der Waals surface area (Å²) in [6.45, 7) is 1.80. The summed E-state index contributed by atoms with van der Waals surface area (Å²) in [7, 11) is -2.10. The first-order chi connectivity index (χ1) is 15.6. The Morgan fingerprint density at radius 1 is 1.09 bits per heavy atom. The molecule has 33 heavy (non-hydrogen) atoms. The molecule has 2 amide bonds. The zero-order chi connectivity index (χ0) is 24.2. The number of nitro groups is 1. The van der Waals surface area contributed by atoms with E-state index in [1.54, 1.807) is 7.05 Å². The van der Waals surface area contributed by atoms with Gasteiger partial charge < -0.3 is 16.0 Å². The molecule has 176 valence electrons. The molecule has 0 bridgehead atoms. The van der Waals surface area contributed by atoms with Crippen molar-refractivity contribution >= 4 is 38.9 Å². The Kier molecular flexibility index (Phi) is 7.29. The van der Waals surface area contributed by atoms with Crippen LogP contribution in [0, 0.1) is 10.1 Å². The molecule has 0 unspecified atom stereocenters. The zero-order valence-corrected chi connectivity index (χ0v) is 19.0. The lowest BCUT2D eigenvalue weighted by Crippen LogP contribution is -2.46. The summed E-state index contributed by atoms with van der Waals surface area (Å²) in [5.41, 5.74) is 0.927. The summed E-state index contributed by atoms with van der Waals surface area (Å²) >= 11 is 0. The predicted molar refractivity (Wildman–Crippen MR) is 123 cm³/mol. The van der Waals surface area contributed by atoms with E-state index in [2.05, 4.69) is 16.0 Å². The van der Waals surface area contributed by atoms with E-state index in [1.807, 2.05) is 0 Å². The van der Waals surface area contributed by atoms with Gasteiger partial charge in [-0.15, -0.1) is 0 Å². The van der Waals surface area contributed by atoms with Crippen molar-refractivity contribution in [1.82, 2.24) is 9.62 Å². The lowest BCUT2D eigenvalue weighted by Gasteiger charge is -2.31. The Balaban J connectivity index is 1.64. The van der Waals surface area contributed by atoms with Crippen LogP contribution in [-0.4, -0.2) is 55.6 Å². The second kappa shape index (κ2) is 9.96. The van der Waals surface area contributed by atoms with Gasteiger partial charge in [-0.1, -0.05) is 0 Å². The molecule has 2 aromatic carbocycles. The van der Waals surface area contributed by atoms with Crippen LogP contribution in [0.4, 0.5) is 17.1 Å². The molecule has 1 heterocycles. The molecule has 0 spiro atoms. The maximum atomic E-state index is 12.9. The largest absolute Gasteiger partial charge is 0.387 e. The number of non-ortho nitro benzene ring substituents is 1. The van der Waals surface area contributed by atoms with Gasteiger partial charge in [0.05, 0.1) is 15.4 Å². The van der Waals surface area contributed by atoms with Crippen LogP contribution in [0.15, 0.2) is 47.4 Å². The highest BCUT2D eigenvalue weighted by Gasteiger charge is 2.30. The van der Waals surface area contributed by atoms with Crippen molar-refractivity contribution in [3.63, 3.8) is 0 Å². The van der Waals surface area contributed by atoms with E-state index in [1.165, 1.54) is 53.7 Å². The van der Waals surface area contributed by atoms with E-state index in [-0.39, 0.29) is 41.2 Å². The third-order valence-electron chi connectivity index (χ3n) is 5.33. The van der Waals surface area contributed by atoms with Gasteiger partial charge in [-0.25, -0.2) is 8.42 Å². The van der Waals surface area contributed by atoms with E-state index in [0.29, 0.717) is 24.2 Å². The highest BCUT2D eigenvalue weighted by molar-refractivity contribution is 7.89. The molecule has 0 atom stereocenters. The molecule has 0 saturated carbocycles. The van der Waals surface area contributed by atoms with Crippen molar-refractivity contribution in [2.45, 2.75) is 30.7 Å². The van der Waals surface area contributed by atoms with E-state index < -0.39 is 20.9 Å². The van der Waals surface area contributed by atoms with Gasteiger partial charge in [0, 0.05) is 56.6 Å². The van der Waals surface area contributed by atoms with Crippen molar-refractivity contribution in [2.75, 3.05) is 30.8 Å². The average Bonchev–Trinajstić information content (AvgIpc) is 2.79. The summed E-state index contributed by atoms with van der Waals surface area (Å²) in [4.78, 5) is 34.5. The lowest BCUT2D eigenvalue weighted by atomic mass is 10.1. The monoisotopic (exact) mass is 475 g/mol. The first-order valence-corrected chi connectivity index (χ1v) is 11.7. The van der Waals surface area contributed by atoms with Crippen LogP contribution in [0.2, 0.25) is 0 Å². The number of anilines is 2. The predicted octanol–water partition coefficient (Wildman–Crippen LogP) is 2.18. The molecule has 2 aromatic rings. The number of benzene rings is 2. The standard InChI is InChI=1S/C21H25N5O6S/c1-14(27)23-15-3-6-18(7-4-15)33(31,32)25-11-9-16(10-12-25)24-21(28)19-13-17(26(29)30)5-8-20(19)22-2/h3-8,13,16,22H,9-12H2,1-2H3,(H,23,27)(H,24,28). The van der Waals surface area contributed by atoms with Gasteiger partial charge >= 0.3 is 0 Å². The number of rotatable bonds is 7. The molecule has 1 fully saturated rings. The molecule has 3 rings (SSSR count). The van der Waals surface area contributed by atoms with Crippen molar-refractivity contribution in [1.29, 1.82) is 0 Å². The Bertz CT molecular complexity index is 1160. The highest BCUT2D eigenvalue weighted by Crippen LogP contribution is 2.24. The third-order valence-corrected chi connectivity index (χ3v) is 7.24. The number of nitrogens with zero attached hydrogens (tertiary/aromatic N) is 2. The smallest absolute Gasteiger partial charge is 0.270 e. The van der Waals surface area contributed by atoms with Crippen LogP contribution in [0.3, 0.4) is 0 Å². The second-order valence-corrected chi connectivity index (χ2v) is 9.53. The van der Waals surface area contributed by atoms with Gasteiger partial charge in [0.25, 0.3) is 11.6 Å². The summed E-state index contributed by atoms with van der Waals surface area (Å²) in [6, 6.07) is 9.67. The quantitative estimate of drug-likeness (QED) is 0.410. The fourth-order valence-electron chi connectivity index (χ4n) is 3.62. The number of nitro benzene ring substituents is 1. The number of sulfonamides is 1. The molecular formula is C21H25N5O6S. The molecule has 1 aliphatic rings. The van der Waals surface area contributed by atoms with E-state index in [0.717, 1.165) is 0 Å². The Morgan fingerprint density at radius 3 is 2.27 bits per heavy atom. The lowest BCUT2D eigenvalue weighted by molar-refractivity contribution is -0.384. The van der Waals surface area contributed by atoms with Crippen molar-refractivity contribution in [3.8, 4) is 0 Å². The number of carbonyl (C=O) groups is 2. The second-order valence-electron chi connectivity index (χ2n) is 7.59. The normalized spacial score (nSPS) is 15.0. The maximum Gasteiger partial charge on any atom is 0.270 e. The fourth-order valence-corrected chi connectivity index (χ4v) is 5.09. The Morgan fingerprint density at radius 2 is 1.73 bits per heavy atom. The van der Waals surface area contributed by atoms with E-state index in [9.17, 15) is 28.1 Å². The van der Waals surface area contributed by atoms with Crippen LogP contribution >= 0.6 is 0 Å². The number of hydrogen-bond acceptors (Lipinski definition) is 7. The van der Waals surface area contributed by atoms with Crippen molar-refractivity contribution < 1.29 is 22.9 Å². The van der Waals surface area contributed by atoms with Gasteiger partial charge in [0.1, 0.15) is 0 Å². The maximum absolute atomic E-state index is 12.9. The zero-order valence-electron chi connectivity index (χ0n) is 18.2. The van der Waals surface area contributed by atoms with E-state index >= 15 is 0 Å². The van der Waals surface area contributed by atoms with Crippen LogP contribution in [-0.2, 0) is 14.8 Å². The number of carbonyl (C=O) groups excluding carboxylic acids is 2. The third kappa shape index (κ3) is 5.65. The molecule has 0 aromatic heterocycles. The number of nitrogens with one attached hydrogen (secondary N) is 3. The fraction of sp³-hybridized carbons (Fsp3) is 0.333. The minimum absolute atomic E-state index is 0.120. The molecule has 1 aliphatic heterocycles. The van der Waals surface area contributed by atoms with Crippen molar-refractivity contribution in [2.24, 2.45) is 0 Å². The topological polar surface area (TPSA) is 151 Å². The molecule has 0 aliphatic carbocycles. The number of amides is 2. The summed E-state index contributed by atoms with van der Waals surface area (Å²) in [5.74, 6) is -0.709. The van der Waals surface area contributed by atoms with Gasteiger partial charge in [-0.3, -0.25) is 19.7 Å². The van der Waals surface area contributed by atoms with E-state index in [4.69, 9.17) is 0 Å². The molecule has 12 heteroatoms. The molecule has 3 N–H and O–H groups in total. The van der Waals surface area contributed by atoms with Crippen LogP contribution in [0.25, 0.3) is 0 Å². The summed E-state index contributed by atoms with van der Waals surface area (Å²) in [5, 5.41) is 19.3. The van der Waals surface area contributed by atoms with Crippen molar-refractivity contribution in [3.05, 3.63) is 58.1 Å². The summed E-state index contributed by atoms with van der Waals surface area (Å²) < 4.78 is 27.2. The van der Waals surface area contributed by atoms with Crippen LogP contribution < -0.4 is 16.0 Å². The Labute approximate surface area is 191 Å². The number of hydrogen-bond donors (Lipinski definition) is 3. The average molecular weight is 476 g/mol. The van der Waals surface area contributed by atoms with Gasteiger partial charge in [0.2, 0.25) is 15.9 Å². The molecule has 1 saturated heterocycles. The minimum atomic E-state index is -3.71. The van der Waals surface area contributed by atoms with Gasteiger partial charge in [0.15, 0.2) is 0 Å². The first kappa shape index (κ1) is 24.1. The van der Waals surface area contributed by atoms with Gasteiger partial charge in [-0.2, -0.15) is 4.31 Å². The number of piperidine rings is 1. The molecule has 11 nitrogen and oxygen atoms in total. The van der Waals surface area contributed by atoms with Crippen LogP contribution in [0.1, 0.15) is 30.1 Å². The Hall–Kier alpha value is -3.51. The first-order valence-electron chi connectivity index (χ1n) is 10.3. The SMILES string of the molecule is CNc1ccc([N+](=O)[O-])cc1C(=O)NC1CCN(S(=O)(=O)c2ccc(NC(C)=O)cc2)CC1.